The molecular weight excluding hydrogens is 330 g/mol. The Balaban J connectivity index is 2.30. The van der Waals surface area contributed by atoms with Crippen LogP contribution in [0.3, 0.4) is 0 Å². The van der Waals surface area contributed by atoms with E-state index in [1.165, 1.54) is 23.6 Å². The third kappa shape index (κ3) is 2.66. The molecule has 8 heteroatoms. The number of hydrogen-bond donors (Lipinski definition) is 0. The van der Waals surface area contributed by atoms with Gasteiger partial charge in [0.05, 0.1) is 27.0 Å². The van der Waals surface area contributed by atoms with Crippen LogP contribution in [-0.2, 0) is 6.54 Å². The molecular formula is C16H13N3O4S. The summed E-state index contributed by atoms with van der Waals surface area (Å²) in [6, 6.07) is 5.02. The van der Waals surface area contributed by atoms with Gasteiger partial charge in [0.25, 0.3) is 0 Å². The van der Waals surface area contributed by atoms with E-state index in [9.17, 15) is 4.79 Å². The Hall–Kier alpha value is -3.05. The van der Waals surface area contributed by atoms with Crippen molar-refractivity contribution in [1.82, 2.24) is 9.72 Å². The lowest BCUT2D eigenvalue weighted by molar-refractivity contribution is 0.0962. The van der Waals surface area contributed by atoms with Crippen LogP contribution in [0.4, 0.5) is 0 Å². The van der Waals surface area contributed by atoms with E-state index in [0.717, 1.165) is 10.2 Å². The second-order valence-electron chi connectivity index (χ2n) is 4.62. The predicted octanol–water partition coefficient (Wildman–Crippen LogP) is 2.08. The number of rotatable bonds is 4. The minimum Gasteiger partial charge on any atom is -0.495 e. The highest BCUT2D eigenvalue weighted by atomic mass is 32.1. The summed E-state index contributed by atoms with van der Waals surface area (Å²) in [7, 11) is 3.14. The van der Waals surface area contributed by atoms with Crippen LogP contribution in [0, 0.1) is 12.3 Å². The number of aromatic nitrogens is 2. The largest absolute Gasteiger partial charge is 0.495 e. The van der Waals surface area contributed by atoms with Crippen molar-refractivity contribution in [3.05, 3.63) is 35.0 Å². The number of carbonyl (C=O) groups is 1. The van der Waals surface area contributed by atoms with Gasteiger partial charge in [0.15, 0.2) is 4.80 Å². The molecule has 1 aromatic carbocycles. The van der Waals surface area contributed by atoms with Gasteiger partial charge in [0.2, 0.25) is 5.76 Å². The summed E-state index contributed by atoms with van der Waals surface area (Å²) in [4.78, 5) is 16.7. The molecule has 0 fully saturated rings. The number of amides is 1. The minimum atomic E-state index is -0.539. The van der Waals surface area contributed by atoms with E-state index in [2.05, 4.69) is 16.1 Å². The molecule has 0 spiro atoms. The first kappa shape index (κ1) is 15.8. The Morgan fingerprint density at radius 2 is 2.12 bits per heavy atom. The summed E-state index contributed by atoms with van der Waals surface area (Å²) in [5.74, 6) is 3.35. The van der Waals surface area contributed by atoms with Crippen molar-refractivity contribution in [2.45, 2.75) is 6.54 Å². The lowest BCUT2D eigenvalue weighted by atomic mass is 10.3. The van der Waals surface area contributed by atoms with Gasteiger partial charge in [-0.05, 0) is 12.1 Å². The van der Waals surface area contributed by atoms with E-state index in [0.29, 0.717) is 16.3 Å². The SMILES string of the molecule is C#CCn1c(=NC(=O)c2ccno2)sc2c(OC)ccc(OC)c21. The smallest absolute Gasteiger partial charge is 0.318 e. The molecule has 0 unspecified atom stereocenters. The standard InChI is InChI=1S/C16H13N3O4S/c1-4-9-19-13-10(21-2)5-6-11(22-3)14(13)24-16(19)18-15(20)12-7-8-17-23-12/h1,5-8H,9H2,2-3H3. The van der Waals surface area contributed by atoms with Crippen LogP contribution < -0.4 is 14.3 Å². The Morgan fingerprint density at radius 1 is 1.38 bits per heavy atom. The molecule has 7 nitrogen and oxygen atoms in total. The quantitative estimate of drug-likeness (QED) is 0.678. The number of terminal acetylenes is 1. The maximum Gasteiger partial charge on any atom is 0.318 e. The van der Waals surface area contributed by atoms with Gasteiger partial charge in [0.1, 0.15) is 21.7 Å². The van der Waals surface area contributed by atoms with Crippen molar-refractivity contribution >= 4 is 27.5 Å². The van der Waals surface area contributed by atoms with Gasteiger partial charge < -0.3 is 18.6 Å². The zero-order valence-corrected chi connectivity index (χ0v) is 13.8. The Kier molecular flexibility index (Phi) is 4.35. The third-order valence-corrected chi connectivity index (χ3v) is 4.38. The zero-order valence-electron chi connectivity index (χ0n) is 13.0. The highest BCUT2D eigenvalue weighted by Crippen LogP contribution is 2.35. The monoisotopic (exact) mass is 343 g/mol. The first-order chi connectivity index (χ1) is 11.7. The van der Waals surface area contributed by atoms with E-state index < -0.39 is 5.91 Å². The van der Waals surface area contributed by atoms with Gasteiger partial charge in [-0.1, -0.05) is 22.4 Å². The number of nitrogens with zero attached hydrogens (tertiary/aromatic N) is 3. The van der Waals surface area contributed by atoms with Crippen LogP contribution in [0.15, 0.2) is 33.9 Å². The molecule has 0 N–H and O–H groups in total. The molecule has 3 aromatic rings. The minimum absolute atomic E-state index is 0.0543. The first-order valence-electron chi connectivity index (χ1n) is 6.87. The van der Waals surface area contributed by atoms with Crippen molar-refractivity contribution in [2.24, 2.45) is 4.99 Å². The topological polar surface area (TPSA) is 78.9 Å². The number of fused-ring (bicyclic) bond motifs is 1. The summed E-state index contributed by atoms with van der Waals surface area (Å²) in [5, 5.41) is 3.51. The number of carbonyl (C=O) groups excluding carboxylic acids is 1. The molecule has 0 aliphatic heterocycles. The fourth-order valence-electron chi connectivity index (χ4n) is 2.25. The number of methoxy groups -OCH3 is 2. The first-order valence-corrected chi connectivity index (χ1v) is 7.68. The van der Waals surface area contributed by atoms with Crippen molar-refractivity contribution in [3.8, 4) is 23.8 Å². The molecule has 0 saturated heterocycles. The number of thiazole rings is 1. The highest BCUT2D eigenvalue weighted by Gasteiger charge is 2.17. The van der Waals surface area contributed by atoms with Crippen LogP contribution in [0.25, 0.3) is 10.2 Å². The summed E-state index contributed by atoms with van der Waals surface area (Å²) >= 11 is 1.28. The summed E-state index contributed by atoms with van der Waals surface area (Å²) in [5.41, 5.74) is 0.726. The maximum absolute atomic E-state index is 12.2. The molecule has 24 heavy (non-hydrogen) atoms. The molecule has 0 aliphatic carbocycles. The molecule has 0 bridgehead atoms. The average molecular weight is 343 g/mol. The molecule has 0 radical (unpaired) electrons. The van der Waals surface area contributed by atoms with Crippen molar-refractivity contribution < 1.29 is 18.8 Å². The fraction of sp³-hybridized carbons (Fsp3) is 0.188. The van der Waals surface area contributed by atoms with E-state index in [-0.39, 0.29) is 12.3 Å². The molecule has 0 atom stereocenters. The van der Waals surface area contributed by atoms with Crippen LogP contribution in [0.5, 0.6) is 11.5 Å². The third-order valence-electron chi connectivity index (χ3n) is 3.29. The lowest BCUT2D eigenvalue weighted by Crippen LogP contribution is -2.16. The molecule has 0 saturated carbocycles. The second kappa shape index (κ2) is 6.60. The van der Waals surface area contributed by atoms with Crippen LogP contribution in [0.1, 0.15) is 10.6 Å². The summed E-state index contributed by atoms with van der Waals surface area (Å²) in [6.07, 6.45) is 6.86. The Morgan fingerprint density at radius 3 is 2.75 bits per heavy atom. The molecule has 1 amide bonds. The van der Waals surface area contributed by atoms with E-state index >= 15 is 0 Å². The molecule has 2 heterocycles. The fourth-order valence-corrected chi connectivity index (χ4v) is 3.38. The van der Waals surface area contributed by atoms with Gasteiger partial charge in [-0.25, -0.2) is 0 Å². The second-order valence-corrected chi connectivity index (χ2v) is 5.59. The number of ether oxygens (including phenoxy) is 2. The number of hydrogen-bond acceptors (Lipinski definition) is 6. The summed E-state index contributed by atoms with van der Waals surface area (Å²) < 4.78 is 18.2. The van der Waals surface area contributed by atoms with E-state index in [1.807, 2.05) is 0 Å². The Labute approximate surface area is 141 Å². The van der Waals surface area contributed by atoms with Crippen LogP contribution in [0.2, 0.25) is 0 Å². The molecule has 0 aliphatic rings. The Bertz CT molecular complexity index is 993. The van der Waals surface area contributed by atoms with E-state index in [4.69, 9.17) is 20.4 Å². The number of benzene rings is 1. The molecule has 2 aromatic heterocycles. The zero-order chi connectivity index (χ0) is 17.1. The van der Waals surface area contributed by atoms with Gasteiger partial charge in [-0.15, -0.1) is 6.42 Å². The van der Waals surface area contributed by atoms with Crippen LogP contribution in [-0.4, -0.2) is 29.9 Å². The van der Waals surface area contributed by atoms with Crippen molar-refractivity contribution in [2.75, 3.05) is 14.2 Å². The summed E-state index contributed by atoms with van der Waals surface area (Å²) in [6.45, 7) is 0.228. The van der Waals surface area contributed by atoms with E-state index in [1.54, 1.807) is 30.9 Å². The molecule has 3 rings (SSSR count). The van der Waals surface area contributed by atoms with Gasteiger partial charge in [-0.3, -0.25) is 4.79 Å². The van der Waals surface area contributed by atoms with Gasteiger partial charge in [-0.2, -0.15) is 4.99 Å². The van der Waals surface area contributed by atoms with Crippen LogP contribution >= 0.6 is 11.3 Å². The highest BCUT2D eigenvalue weighted by molar-refractivity contribution is 7.16. The van der Waals surface area contributed by atoms with Gasteiger partial charge in [0, 0.05) is 6.07 Å². The van der Waals surface area contributed by atoms with Gasteiger partial charge >= 0.3 is 5.91 Å². The normalized spacial score (nSPS) is 11.5. The average Bonchev–Trinajstić information content (AvgIpc) is 3.23. The predicted molar refractivity (Wildman–Crippen MR) is 88.1 cm³/mol. The lowest BCUT2D eigenvalue weighted by Gasteiger charge is -2.08. The van der Waals surface area contributed by atoms with Crippen molar-refractivity contribution in [1.29, 1.82) is 0 Å². The van der Waals surface area contributed by atoms with Crippen molar-refractivity contribution in [3.63, 3.8) is 0 Å². The maximum atomic E-state index is 12.2. The molecule has 122 valence electrons.